The third-order valence-corrected chi connectivity index (χ3v) is 4.40. The molecule has 0 aliphatic carbocycles. The van der Waals surface area contributed by atoms with Crippen LogP contribution in [-0.2, 0) is 6.54 Å². The fourth-order valence-electron chi connectivity index (χ4n) is 3.42. The molecule has 0 saturated carbocycles. The fourth-order valence-corrected chi connectivity index (χ4v) is 3.42. The van der Waals surface area contributed by atoms with Crippen LogP contribution in [0.4, 0.5) is 0 Å². The van der Waals surface area contributed by atoms with Gasteiger partial charge in [0.15, 0.2) is 0 Å². The molecule has 23 heavy (non-hydrogen) atoms. The number of aliphatic hydroxyl groups is 1. The van der Waals surface area contributed by atoms with E-state index in [1.807, 2.05) is 19.9 Å². The van der Waals surface area contributed by atoms with E-state index >= 15 is 0 Å². The van der Waals surface area contributed by atoms with E-state index in [0.29, 0.717) is 0 Å². The summed E-state index contributed by atoms with van der Waals surface area (Å²) < 4.78 is 0. The highest BCUT2D eigenvalue weighted by molar-refractivity contribution is 5.82. The Morgan fingerprint density at radius 3 is 2.43 bits per heavy atom. The monoisotopic (exact) mass is 313 g/mol. The Morgan fingerprint density at radius 2 is 1.74 bits per heavy atom. The van der Waals surface area contributed by atoms with Crippen molar-refractivity contribution >= 4 is 10.9 Å². The maximum absolute atomic E-state index is 9.96. The van der Waals surface area contributed by atoms with Gasteiger partial charge in [0.2, 0.25) is 0 Å². The van der Waals surface area contributed by atoms with E-state index in [9.17, 15) is 5.11 Å². The number of pyridine rings is 1. The topological polar surface area (TPSA) is 39.6 Å². The molecule has 124 valence electrons. The maximum Gasteiger partial charge on any atom is 0.0718 e. The van der Waals surface area contributed by atoms with E-state index in [4.69, 9.17) is 0 Å². The van der Waals surface area contributed by atoms with Crippen molar-refractivity contribution in [3.05, 3.63) is 41.6 Å². The van der Waals surface area contributed by atoms with Crippen molar-refractivity contribution < 1.29 is 5.11 Å². The average Bonchev–Trinajstić information content (AvgIpc) is 2.47. The van der Waals surface area contributed by atoms with Crippen molar-refractivity contribution in [2.45, 2.75) is 32.9 Å². The smallest absolute Gasteiger partial charge is 0.0718 e. The molecule has 4 heteroatoms. The van der Waals surface area contributed by atoms with Gasteiger partial charge in [-0.3, -0.25) is 14.8 Å². The highest BCUT2D eigenvalue weighted by Crippen LogP contribution is 2.20. The van der Waals surface area contributed by atoms with Crippen molar-refractivity contribution in [1.29, 1.82) is 0 Å². The second kappa shape index (κ2) is 6.56. The van der Waals surface area contributed by atoms with Gasteiger partial charge in [0.05, 0.1) is 11.1 Å². The first-order valence-corrected chi connectivity index (χ1v) is 8.43. The van der Waals surface area contributed by atoms with E-state index in [0.717, 1.165) is 50.5 Å². The minimum Gasteiger partial charge on any atom is -0.389 e. The largest absolute Gasteiger partial charge is 0.389 e. The Labute approximate surface area is 138 Å². The number of para-hydroxylation sites is 1. The number of rotatable bonds is 4. The van der Waals surface area contributed by atoms with Crippen LogP contribution in [0.1, 0.15) is 25.1 Å². The second-order valence-corrected chi connectivity index (χ2v) is 7.30. The van der Waals surface area contributed by atoms with Crippen LogP contribution in [0, 0.1) is 6.92 Å². The number of hydrogen-bond donors (Lipinski definition) is 1. The summed E-state index contributed by atoms with van der Waals surface area (Å²) in [6.07, 6.45) is 0. The molecule has 0 bridgehead atoms. The predicted molar refractivity (Wildman–Crippen MR) is 94.5 cm³/mol. The van der Waals surface area contributed by atoms with Gasteiger partial charge >= 0.3 is 0 Å². The third-order valence-electron chi connectivity index (χ3n) is 4.40. The first kappa shape index (κ1) is 16.4. The first-order chi connectivity index (χ1) is 10.9. The zero-order valence-corrected chi connectivity index (χ0v) is 14.4. The van der Waals surface area contributed by atoms with E-state index in [1.54, 1.807) is 0 Å². The summed E-state index contributed by atoms with van der Waals surface area (Å²) in [6, 6.07) is 10.6. The zero-order valence-electron chi connectivity index (χ0n) is 14.4. The van der Waals surface area contributed by atoms with Crippen LogP contribution in [0.5, 0.6) is 0 Å². The van der Waals surface area contributed by atoms with Crippen molar-refractivity contribution in [3.63, 3.8) is 0 Å². The van der Waals surface area contributed by atoms with Crippen LogP contribution in [0.3, 0.4) is 0 Å². The molecule has 2 heterocycles. The number of benzene rings is 1. The Bertz CT molecular complexity index is 670. The van der Waals surface area contributed by atoms with Crippen molar-refractivity contribution in [2.24, 2.45) is 0 Å². The molecule has 0 radical (unpaired) electrons. The number of nitrogens with zero attached hydrogens (tertiary/aromatic N) is 3. The third kappa shape index (κ3) is 4.28. The molecular weight excluding hydrogens is 286 g/mol. The molecule has 1 aliphatic rings. The number of aromatic nitrogens is 1. The summed E-state index contributed by atoms with van der Waals surface area (Å²) in [5.41, 5.74) is 2.92. The number of piperazine rings is 1. The molecule has 0 amide bonds. The highest BCUT2D eigenvalue weighted by atomic mass is 16.3. The lowest BCUT2D eigenvalue weighted by Gasteiger charge is -2.37. The van der Waals surface area contributed by atoms with Crippen LogP contribution < -0.4 is 0 Å². The summed E-state index contributed by atoms with van der Waals surface area (Å²) >= 11 is 0. The standard InChI is InChI=1S/C19H27N3O/c1-15-12-16(17-6-4-5-7-18(17)20-15)13-21-8-10-22(11-9-21)14-19(2,3)23/h4-7,12,23H,8-11,13-14H2,1-3H3. The quantitative estimate of drug-likeness (QED) is 0.941. The molecular formula is C19H27N3O. The molecule has 3 rings (SSSR count). The van der Waals surface area contributed by atoms with Gasteiger partial charge < -0.3 is 5.11 Å². The summed E-state index contributed by atoms with van der Waals surface area (Å²) in [5.74, 6) is 0. The zero-order chi connectivity index (χ0) is 16.4. The number of fused-ring (bicyclic) bond motifs is 1. The molecule has 1 aliphatic heterocycles. The van der Waals surface area contributed by atoms with Gasteiger partial charge in [-0.2, -0.15) is 0 Å². The molecule has 2 aromatic rings. The summed E-state index contributed by atoms with van der Waals surface area (Å²) in [5, 5.41) is 11.2. The molecule has 0 unspecified atom stereocenters. The van der Waals surface area contributed by atoms with Crippen LogP contribution in [0.25, 0.3) is 10.9 Å². The molecule has 0 spiro atoms. The number of β-amino-alcohol motifs (C(OH)–C–C–N with tert-alkyl or cyclic N) is 1. The maximum atomic E-state index is 9.96. The van der Waals surface area contributed by atoms with Crippen molar-refractivity contribution in [1.82, 2.24) is 14.8 Å². The van der Waals surface area contributed by atoms with Crippen LogP contribution in [0.2, 0.25) is 0 Å². The summed E-state index contributed by atoms with van der Waals surface area (Å²) in [6.45, 7) is 11.7. The van der Waals surface area contributed by atoms with Crippen LogP contribution in [0.15, 0.2) is 30.3 Å². The predicted octanol–water partition coefficient (Wildman–Crippen LogP) is 2.43. The van der Waals surface area contributed by atoms with Crippen LogP contribution in [-0.4, -0.2) is 58.2 Å². The molecule has 1 saturated heterocycles. The van der Waals surface area contributed by atoms with E-state index < -0.39 is 5.60 Å². The Hall–Kier alpha value is -1.49. The SMILES string of the molecule is Cc1cc(CN2CCN(CC(C)(C)O)CC2)c2ccccc2n1. The summed E-state index contributed by atoms with van der Waals surface area (Å²) in [7, 11) is 0. The van der Waals surface area contributed by atoms with E-state index in [-0.39, 0.29) is 0 Å². The minimum absolute atomic E-state index is 0.611. The fraction of sp³-hybridized carbons (Fsp3) is 0.526. The number of aryl methyl sites for hydroxylation is 1. The molecule has 4 nitrogen and oxygen atoms in total. The molecule has 0 atom stereocenters. The first-order valence-electron chi connectivity index (χ1n) is 8.43. The summed E-state index contributed by atoms with van der Waals surface area (Å²) in [4.78, 5) is 9.48. The molecule has 1 aromatic heterocycles. The second-order valence-electron chi connectivity index (χ2n) is 7.30. The normalized spacial score (nSPS) is 17.7. The Kier molecular flexibility index (Phi) is 4.67. The molecule has 1 fully saturated rings. The van der Waals surface area contributed by atoms with Crippen molar-refractivity contribution in [2.75, 3.05) is 32.7 Å². The van der Waals surface area contributed by atoms with Gasteiger partial charge in [0.25, 0.3) is 0 Å². The average molecular weight is 313 g/mol. The van der Waals surface area contributed by atoms with Gasteiger partial charge in [0.1, 0.15) is 0 Å². The van der Waals surface area contributed by atoms with Crippen molar-refractivity contribution in [3.8, 4) is 0 Å². The minimum atomic E-state index is -0.611. The van der Waals surface area contributed by atoms with Gasteiger partial charge in [-0.25, -0.2) is 0 Å². The van der Waals surface area contributed by atoms with Gasteiger partial charge in [-0.1, -0.05) is 18.2 Å². The lowest BCUT2D eigenvalue weighted by molar-refractivity contribution is 0.0167. The number of hydrogen-bond acceptors (Lipinski definition) is 4. The molecule has 1 N–H and O–H groups in total. The highest BCUT2D eigenvalue weighted by Gasteiger charge is 2.23. The van der Waals surface area contributed by atoms with Gasteiger partial charge in [-0.15, -0.1) is 0 Å². The van der Waals surface area contributed by atoms with Gasteiger partial charge in [-0.05, 0) is 38.5 Å². The van der Waals surface area contributed by atoms with Gasteiger partial charge in [0, 0.05) is 50.3 Å². The Morgan fingerprint density at radius 1 is 1.09 bits per heavy atom. The lowest BCUT2D eigenvalue weighted by atomic mass is 10.1. The van der Waals surface area contributed by atoms with Crippen LogP contribution >= 0.6 is 0 Å². The lowest BCUT2D eigenvalue weighted by Crippen LogP contribution is -2.50. The van der Waals surface area contributed by atoms with E-state index in [1.165, 1.54) is 10.9 Å². The Balaban J connectivity index is 1.67. The molecule has 1 aromatic carbocycles. The van der Waals surface area contributed by atoms with E-state index in [2.05, 4.69) is 46.0 Å².